The summed E-state index contributed by atoms with van der Waals surface area (Å²) in [6, 6.07) is 0. The molecule has 1 saturated heterocycles. The van der Waals surface area contributed by atoms with Crippen LogP contribution in [0.2, 0.25) is 0 Å². The van der Waals surface area contributed by atoms with Gasteiger partial charge in [-0.05, 0) is 12.8 Å². The Balaban J connectivity index is 1.62. The van der Waals surface area contributed by atoms with Crippen molar-refractivity contribution < 1.29 is 14.6 Å². The highest BCUT2D eigenvalue weighted by Gasteiger charge is 2.29. The van der Waals surface area contributed by atoms with Gasteiger partial charge in [0.25, 0.3) is 0 Å². The molecule has 1 aliphatic heterocycles. The van der Waals surface area contributed by atoms with Crippen molar-refractivity contribution in [2.75, 3.05) is 13.1 Å². The number of ether oxygens (including phenoxy) is 1. The number of carboxylic acids is 1. The van der Waals surface area contributed by atoms with Gasteiger partial charge in [0.15, 0.2) is 6.10 Å². The SMILES string of the molecule is Cn1cnnc1CCNCC1CCC(C(=O)O)O1. The molecule has 18 heavy (non-hydrogen) atoms. The predicted octanol–water partition coefficient (Wildman–Crippen LogP) is -0.421. The second-order valence-corrected chi connectivity index (χ2v) is 4.47. The van der Waals surface area contributed by atoms with Crippen LogP contribution in [-0.4, -0.2) is 51.1 Å². The number of nitrogens with zero attached hydrogens (tertiary/aromatic N) is 3. The van der Waals surface area contributed by atoms with Crippen molar-refractivity contribution in [1.82, 2.24) is 20.1 Å². The first kappa shape index (κ1) is 13.0. The maximum Gasteiger partial charge on any atom is 0.332 e. The molecule has 1 fully saturated rings. The van der Waals surface area contributed by atoms with E-state index in [1.165, 1.54) is 0 Å². The molecule has 0 bridgehead atoms. The van der Waals surface area contributed by atoms with Crippen LogP contribution < -0.4 is 5.32 Å². The van der Waals surface area contributed by atoms with E-state index in [1.807, 2.05) is 11.6 Å². The molecule has 0 amide bonds. The lowest BCUT2D eigenvalue weighted by Gasteiger charge is -2.11. The highest BCUT2D eigenvalue weighted by atomic mass is 16.5. The highest BCUT2D eigenvalue weighted by molar-refractivity contribution is 5.72. The second kappa shape index (κ2) is 5.92. The normalized spacial score (nSPS) is 23.4. The number of hydrogen-bond acceptors (Lipinski definition) is 5. The second-order valence-electron chi connectivity index (χ2n) is 4.47. The van der Waals surface area contributed by atoms with E-state index in [2.05, 4.69) is 15.5 Å². The maximum absolute atomic E-state index is 10.7. The molecule has 0 saturated carbocycles. The van der Waals surface area contributed by atoms with Gasteiger partial charge in [0.1, 0.15) is 12.2 Å². The molecule has 7 heteroatoms. The zero-order chi connectivity index (χ0) is 13.0. The van der Waals surface area contributed by atoms with Crippen molar-refractivity contribution in [2.45, 2.75) is 31.5 Å². The van der Waals surface area contributed by atoms with Gasteiger partial charge in [-0.1, -0.05) is 0 Å². The first-order valence-corrected chi connectivity index (χ1v) is 6.08. The summed E-state index contributed by atoms with van der Waals surface area (Å²) in [4.78, 5) is 10.7. The average molecular weight is 254 g/mol. The van der Waals surface area contributed by atoms with Crippen LogP contribution in [0.4, 0.5) is 0 Å². The number of hydrogen-bond donors (Lipinski definition) is 2. The van der Waals surface area contributed by atoms with Crippen molar-refractivity contribution in [3.05, 3.63) is 12.2 Å². The number of aromatic nitrogens is 3. The van der Waals surface area contributed by atoms with E-state index >= 15 is 0 Å². The van der Waals surface area contributed by atoms with Crippen LogP contribution in [0, 0.1) is 0 Å². The average Bonchev–Trinajstić information content (AvgIpc) is 2.94. The Labute approximate surface area is 105 Å². The Hall–Kier alpha value is -1.47. The quantitative estimate of drug-likeness (QED) is 0.670. The molecule has 2 N–H and O–H groups in total. The Morgan fingerprint density at radius 2 is 2.50 bits per heavy atom. The van der Waals surface area contributed by atoms with Gasteiger partial charge in [0.05, 0.1) is 6.10 Å². The third-order valence-corrected chi connectivity index (χ3v) is 3.09. The molecule has 2 unspecified atom stereocenters. The van der Waals surface area contributed by atoms with E-state index in [9.17, 15) is 4.79 Å². The van der Waals surface area contributed by atoms with E-state index in [1.54, 1.807) is 6.33 Å². The Morgan fingerprint density at radius 3 is 3.11 bits per heavy atom. The molecule has 1 aromatic heterocycles. The summed E-state index contributed by atoms with van der Waals surface area (Å²) in [5, 5.41) is 19.8. The molecular weight excluding hydrogens is 236 g/mol. The fourth-order valence-electron chi connectivity index (χ4n) is 2.03. The summed E-state index contributed by atoms with van der Waals surface area (Å²) in [5.41, 5.74) is 0. The molecule has 1 aliphatic rings. The fourth-order valence-corrected chi connectivity index (χ4v) is 2.03. The Bertz CT molecular complexity index is 407. The van der Waals surface area contributed by atoms with E-state index in [-0.39, 0.29) is 6.10 Å². The van der Waals surface area contributed by atoms with Crippen LogP contribution in [0.1, 0.15) is 18.7 Å². The van der Waals surface area contributed by atoms with E-state index in [0.717, 1.165) is 25.2 Å². The van der Waals surface area contributed by atoms with Crippen LogP contribution in [0.25, 0.3) is 0 Å². The van der Waals surface area contributed by atoms with Gasteiger partial charge in [-0.2, -0.15) is 0 Å². The minimum absolute atomic E-state index is 0.00518. The number of aryl methyl sites for hydroxylation is 1. The zero-order valence-electron chi connectivity index (χ0n) is 10.4. The minimum Gasteiger partial charge on any atom is -0.479 e. The van der Waals surface area contributed by atoms with Gasteiger partial charge in [0.2, 0.25) is 0 Å². The summed E-state index contributed by atoms with van der Waals surface area (Å²) in [6.07, 6.45) is 3.25. The maximum atomic E-state index is 10.7. The van der Waals surface area contributed by atoms with E-state index in [4.69, 9.17) is 9.84 Å². The molecule has 2 atom stereocenters. The summed E-state index contributed by atoms with van der Waals surface area (Å²) in [7, 11) is 1.91. The van der Waals surface area contributed by atoms with Crippen LogP contribution in [0.3, 0.4) is 0 Å². The highest BCUT2D eigenvalue weighted by Crippen LogP contribution is 2.19. The largest absolute Gasteiger partial charge is 0.479 e. The molecular formula is C11H18N4O3. The van der Waals surface area contributed by atoms with Crippen molar-refractivity contribution in [1.29, 1.82) is 0 Å². The van der Waals surface area contributed by atoms with Gasteiger partial charge in [-0.3, -0.25) is 0 Å². The fraction of sp³-hybridized carbons (Fsp3) is 0.727. The molecule has 100 valence electrons. The lowest BCUT2D eigenvalue weighted by Crippen LogP contribution is -2.30. The van der Waals surface area contributed by atoms with Gasteiger partial charge in [0, 0.05) is 26.6 Å². The van der Waals surface area contributed by atoms with Gasteiger partial charge in [-0.25, -0.2) is 4.79 Å². The smallest absolute Gasteiger partial charge is 0.332 e. The van der Waals surface area contributed by atoms with Crippen molar-refractivity contribution in [3.8, 4) is 0 Å². The van der Waals surface area contributed by atoms with Crippen LogP contribution in [-0.2, 0) is 23.0 Å². The van der Waals surface area contributed by atoms with Gasteiger partial charge < -0.3 is 19.7 Å². The van der Waals surface area contributed by atoms with Crippen molar-refractivity contribution in [3.63, 3.8) is 0 Å². The standard InChI is InChI=1S/C11H18N4O3/c1-15-7-13-14-10(15)4-5-12-6-8-2-3-9(18-8)11(16)17/h7-9,12H,2-6H2,1H3,(H,16,17). The molecule has 0 aliphatic carbocycles. The summed E-state index contributed by atoms with van der Waals surface area (Å²) in [5.74, 6) is 0.0647. The Morgan fingerprint density at radius 1 is 1.67 bits per heavy atom. The summed E-state index contributed by atoms with van der Waals surface area (Å²) < 4.78 is 7.27. The first-order valence-electron chi connectivity index (χ1n) is 6.08. The lowest BCUT2D eigenvalue weighted by atomic mass is 10.2. The molecule has 7 nitrogen and oxygen atoms in total. The molecule has 2 heterocycles. The summed E-state index contributed by atoms with van der Waals surface area (Å²) >= 11 is 0. The summed E-state index contributed by atoms with van der Waals surface area (Å²) in [6.45, 7) is 1.46. The van der Waals surface area contributed by atoms with Gasteiger partial charge in [-0.15, -0.1) is 10.2 Å². The van der Waals surface area contributed by atoms with E-state index < -0.39 is 12.1 Å². The van der Waals surface area contributed by atoms with Crippen LogP contribution in [0.15, 0.2) is 6.33 Å². The van der Waals surface area contributed by atoms with Crippen molar-refractivity contribution in [2.24, 2.45) is 7.05 Å². The third kappa shape index (κ3) is 3.27. The molecule has 1 aromatic rings. The molecule has 2 rings (SSSR count). The molecule has 0 aromatic carbocycles. The monoisotopic (exact) mass is 254 g/mol. The number of carboxylic acid groups (broad SMARTS) is 1. The molecule has 0 spiro atoms. The third-order valence-electron chi connectivity index (χ3n) is 3.09. The van der Waals surface area contributed by atoms with Crippen LogP contribution in [0.5, 0.6) is 0 Å². The van der Waals surface area contributed by atoms with Crippen molar-refractivity contribution >= 4 is 5.97 Å². The van der Waals surface area contributed by atoms with Crippen LogP contribution >= 0.6 is 0 Å². The Kier molecular flexibility index (Phi) is 4.27. The van der Waals surface area contributed by atoms with E-state index in [0.29, 0.717) is 13.0 Å². The number of aliphatic carboxylic acids is 1. The number of nitrogens with one attached hydrogen (secondary N) is 1. The van der Waals surface area contributed by atoms with Gasteiger partial charge >= 0.3 is 5.97 Å². The lowest BCUT2D eigenvalue weighted by molar-refractivity contribution is -0.149. The zero-order valence-corrected chi connectivity index (χ0v) is 10.4. The number of rotatable bonds is 6. The first-order chi connectivity index (χ1) is 8.66. The minimum atomic E-state index is -0.864. The number of carbonyl (C=O) groups is 1. The topological polar surface area (TPSA) is 89.3 Å². The predicted molar refractivity (Wildman–Crippen MR) is 63.1 cm³/mol. The molecule has 0 radical (unpaired) electrons.